The summed E-state index contributed by atoms with van der Waals surface area (Å²) in [6.07, 6.45) is 6.41. The van der Waals surface area contributed by atoms with Gasteiger partial charge < -0.3 is 4.57 Å². The van der Waals surface area contributed by atoms with Crippen LogP contribution >= 0.6 is 0 Å². The third kappa shape index (κ3) is 4.28. The number of aryl methyl sites for hydroxylation is 3. The lowest BCUT2D eigenvalue weighted by molar-refractivity contribution is 0.102. The van der Waals surface area contributed by atoms with Gasteiger partial charge in [-0.05, 0) is 66.8 Å². The van der Waals surface area contributed by atoms with E-state index in [1.807, 2.05) is 59.0 Å². The summed E-state index contributed by atoms with van der Waals surface area (Å²) in [7, 11) is 1.93. The Bertz CT molecular complexity index is 1220. The van der Waals surface area contributed by atoms with Gasteiger partial charge in [0.1, 0.15) is 0 Å². The van der Waals surface area contributed by atoms with Crippen LogP contribution in [0.5, 0.6) is 0 Å². The molecule has 0 bridgehead atoms. The minimum Gasteiger partial charge on any atom is -0.313 e. The van der Waals surface area contributed by atoms with Crippen LogP contribution in [0, 0.1) is 13.8 Å². The molecule has 6 nitrogen and oxygen atoms in total. The topological polar surface area (TPSA) is 64.7 Å². The van der Waals surface area contributed by atoms with Crippen molar-refractivity contribution >= 4 is 11.9 Å². The summed E-state index contributed by atoms with van der Waals surface area (Å²) in [4.78, 5) is 17.4. The molecule has 2 heterocycles. The third-order valence-electron chi connectivity index (χ3n) is 5.68. The molecular weight excluding hydrogens is 386 g/mol. The zero-order valence-electron chi connectivity index (χ0n) is 18.4. The number of carbonyl (C=O) groups is 1. The van der Waals surface area contributed by atoms with Crippen molar-refractivity contribution < 1.29 is 4.79 Å². The van der Waals surface area contributed by atoms with Crippen LogP contribution in [0.2, 0.25) is 0 Å². The summed E-state index contributed by atoms with van der Waals surface area (Å²) in [6, 6.07) is 13.9. The number of rotatable bonds is 6. The van der Waals surface area contributed by atoms with Crippen LogP contribution in [-0.2, 0) is 20.0 Å². The highest BCUT2D eigenvalue weighted by molar-refractivity contribution is 6.03. The number of imidazole rings is 1. The molecule has 0 unspecified atom stereocenters. The molecule has 31 heavy (non-hydrogen) atoms. The van der Waals surface area contributed by atoms with Gasteiger partial charge in [0, 0.05) is 30.6 Å². The number of hydrogen-bond acceptors (Lipinski definition) is 3. The normalized spacial score (nSPS) is 11.0. The standard InChI is InChI=1S/C25H27N5O/c1-5-20-12-17(2)18(3)13-22(20)23-15-26-25(29(23)4)28-24(31)21-9-6-8-19(14-21)16-30-11-7-10-27-30/h6-15H,5,16H2,1-4H3,(H,26,28,31). The monoisotopic (exact) mass is 413 g/mol. The van der Waals surface area contributed by atoms with Crippen LogP contribution in [0.4, 0.5) is 5.95 Å². The second-order valence-corrected chi connectivity index (χ2v) is 7.83. The molecule has 6 heteroatoms. The van der Waals surface area contributed by atoms with E-state index in [1.165, 1.54) is 16.7 Å². The van der Waals surface area contributed by atoms with Crippen molar-refractivity contribution in [3.8, 4) is 11.3 Å². The number of aromatic nitrogens is 4. The maximum Gasteiger partial charge on any atom is 0.257 e. The molecule has 158 valence electrons. The van der Waals surface area contributed by atoms with E-state index >= 15 is 0 Å². The Morgan fingerprint density at radius 1 is 1.10 bits per heavy atom. The summed E-state index contributed by atoms with van der Waals surface area (Å²) < 4.78 is 3.77. The van der Waals surface area contributed by atoms with Gasteiger partial charge in [0.2, 0.25) is 5.95 Å². The second-order valence-electron chi connectivity index (χ2n) is 7.83. The highest BCUT2D eigenvalue weighted by Gasteiger charge is 2.15. The Labute approximate surface area is 182 Å². The van der Waals surface area contributed by atoms with Crippen LogP contribution in [0.1, 0.15) is 39.5 Å². The fraction of sp³-hybridized carbons (Fsp3) is 0.240. The molecule has 0 aliphatic carbocycles. The van der Waals surface area contributed by atoms with Gasteiger partial charge in [0.25, 0.3) is 5.91 Å². The van der Waals surface area contributed by atoms with Gasteiger partial charge in [-0.15, -0.1) is 0 Å². The maximum absolute atomic E-state index is 12.9. The number of hydrogen-bond donors (Lipinski definition) is 1. The van der Waals surface area contributed by atoms with Crippen LogP contribution in [0.15, 0.2) is 61.1 Å². The molecule has 0 aliphatic rings. The van der Waals surface area contributed by atoms with Crippen LogP contribution < -0.4 is 5.32 Å². The van der Waals surface area contributed by atoms with Gasteiger partial charge in [0.05, 0.1) is 18.4 Å². The van der Waals surface area contributed by atoms with Crippen LogP contribution in [0.25, 0.3) is 11.3 Å². The lowest BCUT2D eigenvalue weighted by Gasteiger charge is -2.13. The fourth-order valence-corrected chi connectivity index (χ4v) is 3.75. The van der Waals surface area contributed by atoms with E-state index in [4.69, 9.17) is 0 Å². The number of nitrogens with one attached hydrogen (secondary N) is 1. The Balaban J connectivity index is 1.57. The molecule has 0 spiro atoms. The predicted molar refractivity (Wildman–Crippen MR) is 123 cm³/mol. The molecule has 0 saturated carbocycles. The Morgan fingerprint density at radius 2 is 1.90 bits per heavy atom. The Kier molecular flexibility index (Phi) is 5.71. The van der Waals surface area contributed by atoms with Crippen molar-refractivity contribution in [1.82, 2.24) is 19.3 Å². The van der Waals surface area contributed by atoms with Crippen molar-refractivity contribution in [2.24, 2.45) is 7.05 Å². The van der Waals surface area contributed by atoms with E-state index in [9.17, 15) is 4.79 Å². The zero-order valence-corrected chi connectivity index (χ0v) is 18.4. The average molecular weight is 414 g/mol. The molecule has 0 radical (unpaired) electrons. The summed E-state index contributed by atoms with van der Waals surface area (Å²) >= 11 is 0. The summed E-state index contributed by atoms with van der Waals surface area (Å²) in [5, 5.41) is 7.18. The molecule has 1 N–H and O–H groups in total. The highest BCUT2D eigenvalue weighted by Crippen LogP contribution is 2.29. The fourth-order valence-electron chi connectivity index (χ4n) is 3.75. The minimum atomic E-state index is -0.182. The summed E-state index contributed by atoms with van der Waals surface area (Å²) in [6.45, 7) is 7.03. The van der Waals surface area contributed by atoms with E-state index in [0.29, 0.717) is 18.1 Å². The van der Waals surface area contributed by atoms with Crippen molar-refractivity contribution in [2.45, 2.75) is 33.7 Å². The summed E-state index contributed by atoms with van der Waals surface area (Å²) in [5.74, 6) is 0.344. The quantitative estimate of drug-likeness (QED) is 0.495. The number of benzene rings is 2. The number of anilines is 1. The molecule has 4 aromatic rings. The minimum absolute atomic E-state index is 0.182. The largest absolute Gasteiger partial charge is 0.313 e. The van der Waals surface area contributed by atoms with Gasteiger partial charge >= 0.3 is 0 Å². The highest BCUT2D eigenvalue weighted by atomic mass is 16.1. The molecule has 0 saturated heterocycles. The first-order valence-electron chi connectivity index (χ1n) is 10.5. The third-order valence-corrected chi connectivity index (χ3v) is 5.68. The molecule has 0 aliphatic heterocycles. The van der Waals surface area contributed by atoms with E-state index in [2.05, 4.69) is 48.3 Å². The zero-order chi connectivity index (χ0) is 22.0. The lowest BCUT2D eigenvalue weighted by Crippen LogP contribution is -2.15. The second kappa shape index (κ2) is 8.60. The van der Waals surface area contributed by atoms with Crippen LogP contribution in [0.3, 0.4) is 0 Å². The lowest BCUT2D eigenvalue weighted by atomic mass is 9.96. The number of nitrogens with zero attached hydrogens (tertiary/aromatic N) is 4. The molecule has 4 rings (SSSR count). The molecule has 1 amide bonds. The van der Waals surface area contributed by atoms with Crippen LogP contribution in [-0.4, -0.2) is 25.2 Å². The average Bonchev–Trinajstić information content (AvgIpc) is 3.40. The Hall–Kier alpha value is -3.67. The first-order chi connectivity index (χ1) is 15.0. The first kappa shape index (κ1) is 20.6. The molecule has 0 fully saturated rings. The summed E-state index contributed by atoms with van der Waals surface area (Å²) in [5.41, 5.74) is 7.55. The van der Waals surface area contributed by atoms with Crippen molar-refractivity contribution in [3.05, 3.63) is 88.9 Å². The Morgan fingerprint density at radius 3 is 2.65 bits per heavy atom. The van der Waals surface area contributed by atoms with E-state index < -0.39 is 0 Å². The molecule has 2 aromatic carbocycles. The maximum atomic E-state index is 12.9. The van der Waals surface area contributed by atoms with Gasteiger partial charge in [-0.1, -0.05) is 25.1 Å². The van der Waals surface area contributed by atoms with E-state index in [0.717, 1.165) is 23.2 Å². The van der Waals surface area contributed by atoms with E-state index in [-0.39, 0.29) is 5.91 Å². The smallest absolute Gasteiger partial charge is 0.257 e. The van der Waals surface area contributed by atoms with Gasteiger partial charge in [-0.25, -0.2) is 4.98 Å². The molecule has 0 atom stereocenters. The van der Waals surface area contributed by atoms with Crippen molar-refractivity contribution in [2.75, 3.05) is 5.32 Å². The first-order valence-corrected chi connectivity index (χ1v) is 10.5. The molecule has 2 aromatic heterocycles. The number of amides is 1. The van der Waals surface area contributed by atoms with E-state index in [1.54, 1.807) is 6.20 Å². The van der Waals surface area contributed by atoms with Crippen molar-refractivity contribution in [3.63, 3.8) is 0 Å². The number of carbonyl (C=O) groups excluding carboxylic acids is 1. The molecular formula is C25H27N5O. The van der Waals surface area contributed by atoms with Gasteiger partial charge in [-0.3, -0.25) is 14.8 Å². The van der Waals surface area contributed by atoms with Gasteiger partial charge in [-0.2, -0.15) is 5.10 Å². The van der Waals surface area contributed by atoms with Crippen molar-refractivity contribution in [1.29, 1.82) is 0 Å². The SMILES string of the molecule is CCc1cc(C)c(C)cc1-c1cnc(NC(=O)c2cccc(Cn3cccn3)c2)n1C. The predicted octanol–water partition coefficient (Wildman–Crippen LogP) is 4.76. The van der Waals surface area contributed by atoms with Gasteiger partial charge in [0.15, 0.2) is 0 Å².